The van der Waals surface area contributed by atoms with Crippen LogP contribution in [0.4, 0.5) is 18.9 Å². The van der Waals surface area contributed by atoms with E-state index in [-0.39, 0.29) is 11.8 Å². The Morgan fingerprint density at radius 1 is 1.12 bits per heavy atom. The molecular formula is C28H20ClF3N4O4S2. The number of aromatic nitrogens is 1. The number of thiophene rings is 1. The van der Waals surface area contributed by atoms with Crippen LogP contribution in [0.2, 0.25) is 5.02 Å². The van der Waals surface area contributed by atoms with Gasteiger partial charge in [-0.3, -0.25) is 14.6 Å². The summed E-state index contributed by atoms with van der Waals surface area (Å²) < 4.78 is 31.7. The number of nitrogens with zero attached hydrogens (tertiary/aromatic N) is 2. The van der Waals surface area contributed by atoms with Crippen LogP contribution in [0.25, 0.3) is 17.0 Å². The zero-order chi connectivity index (χ0) is 30.3. The van der Waals surface area contributed by atoms with E-state index in [0.29, 0.717) is 32.9 Å². The van der Waals surface area contributed by atoms with Crippen LogP contribution in [0.5, 0.6) is 0 Å². The second-order valence-electron chi connectivity index (χ2n) is 8.49. The highest BCUT2D eigenvalue weighted by Gasteiger charge is 2.38. The van der Waals surface area contributed by atoms with E-state index in [4.69, 9.17) is 21.5 Å². The van der Waals surface area contributed by atoms with Crippen molar-refractivity contribution in [1.29, 1.82) is 0 Å². The number of alkyl halides is 3. The van der Waals surface area contributed by atoms with Crippen molar-refractivity contribution in [2.24, 2.45) is 4.99 Å². The fourth-order valence-electron chi connectivity index (χ4n) is 3.52. The highest BCUT2D eigenvalue weighted by Crippen LogP contribution is 2.32. The van der Waals surface area contributed by atoms with Gasteiger partial charge in [-0.1, -0.05) is 29.8 Å². The van der Waals surface area contributed by atoms with E-state index < -0.39 is 12.1 Å². The zero-order valence-electron chi connectivity index (χ0n) is 21.3. The second-order valence-corrected chi connectivity index (χ2v) is 11.0. The smallest absolute Gasteiger partial charge is 0.475 e. The van der Waals surface area contributed by atoms with Gasteiger partial charge in [-0.2, -0.15) is 13.2 Å². The Bertz CT molecular complexity index is 1690. The monoisotopic (exact) mass is 632 g/mol. The lowest BCUT2D eigenvalue weighted by Gasteiger charge is -2.06. The molecule has 0 atom stereocenters. The number of aliphatic carboxylic acids is 1. The number of aliphatic imine (C=N–C) groups is 1. The zero-order valence-corrected chi connectivity index (χ0v) is 23.7. The molecule has 2 amide bonds. The average Bonchev–Trinajstić information content (AvgIpc) is 3.59. The number of hydrogen-bond donors (Lipinski definition) is 3. The summed E-state index contributed by atoms with van der Waals surface area (Å²) in [7, 11) is 0. The van der Waals surface area contributed by atoms with Crippen molar-refractivity contribution in [3.8, 4) is 0 Å². The third-order valence-corrected chi connectivity index (χ3v) is 7.65. The van der Waals surface area contributed by atoms with Gasteiger partial charge >= 0.3 is 12.1 Å². The van der Waals surface area contributed by atoms with Gasteiger partial charge in [0.05, 0.1) is 21.1 Å². The van der Waals surface area contributed by atoms with Crippen LogP contribution in [0.1, 0.15) is 20.8 Å². The maximum atomic E-state index is 12.6. The van der Waals surface area contributed by atoms with Crippen molar-refractivity contribution in [3.63, 3.8) is 0 Å². The van der Waals surface area contributed by atoms with E-state index in [1.54, 1.807) is 35.7 Å². The minimum absolute atomic E-state index is 0.200. The number of thioether (sulfide) groups is 1. The van der Waals surface area contributed by atoms with Gasteiger partial charge in [0.1, 0.15) is 0 Å². The van der Waals surface area contributed by atoms with Gasteiger partial charge in [0.2, 0.25) is 0 Å². The molecule has 0 aliphatic carbocycles. The number of rotatable bonds is 6. The maximum absolute atomic E-state index is 12.6. The quantitative estimate of drug-likeness (QED) is 0.210. The molecule has 216 valence electrons. The van der Waals surface area contributed by atoms with E-state index in [1.807, 2.05) is 53.9 Å². The number of carbonyl (C=O) groups excluding carboxylic acids is 2. The number of hydrogen-bond acceptors (Lipinski definition) is 7. The molecule has 4 aromatic rings. The Morgan fingerprint density at radius 2 is 1.90 bits per heavy atom. The molecule has 0 saturated carbocycles. The Morgan fingerprint density at radius 3 is 2.62 bits per heavy atom. The number of fused-ring (bicyclic) bond motifs is 1. The van der Waals surface area contributed by atoms with Gasteiger partial charge in [-0.25, -0.2) is 9.79 Å². The number of pyridine rings is 1. The molecule has 1 aliphatic rings. The number of amides is 2. The third kappa shape index (κ3) is 8.41. The summed E-state index contributed by atoms with van der Waals surface area (Å²) in [5.41, 5.74) is 2.65. The van der Waals surface area contributed by atoms with E-state index in [2.05, 4.69) is 20.6 Å². The second kappa shape index (κ2) is 13.6. The van der Waals surface area contributed by atoms with E-state index in [1.165, 1.54) is 16.6 Å². The Balaban J connectivity index is 0.000000517. The van der Waals surface area contributed by atoms with Crippen LogP contribution in [-0.4, -0.2) is 45.8 Å². The molecule has 1 aliphatic heterocycles. The van der Waals surface area contributed by atoms with Gasteiger partial charge in [-0.05, 0) is 77.7 Å². The first-order valence-electron chi connectivity index (χ1n) is 12.0. The maximum Gasteiger partial charge on any atom is 0.490 e. The van der Waals surface area contributed by atoms with E-state index in [9.17, 15) is 22.8 Å². The Kier molecular flexibility index (Phi) is 9.99. The lowest BCUT2D eigenvalue weighted by Crippen LogP contribution is -2.25. The van der Waals surface area contributed by atoms with Gasteiger partial charge < -0.3 is 15.7 Å². The average molecular weight is 633 g/mol. The van der Waals surface area contributed by atoms with Crippen molar-refractivity contribution >= 4 is 80.3 Å². The first kappa shape index (κ1) is 30.8. The van der Waals surface area contributed by atoms with Crippen molar-refractivity contribution in [3.05, 3.63) is 98.2 Å². The molecule has 0 radical (unpaired) electrons. The van der Waals surface area contributed by atoms with E-state index >= 15 is 0 Å². The highest BCUT2D eigenvalue weighted by molar-refractivity contribution is 8.18. The molecule has 1 fully saturated rings. The van der Waals surface area contributed by atoms with Crippen LogP contribution < -0.4 is 10.6 Å². The van der Waals surface area contributed by atoms with Gasteiger partial charge in [-0.15, -0.1) is 11.3 Å². The lowest BCUT2D eigenvalue weighted by molar-refractivity contribution is -0.192. The van der Waals surface area contributed by atoms with Crippen molar-refractivity contribution in [2.75, 3.05) is 6.54 Å². The molecule has 14 heteroatoms. The summed E-state index contributed by atoms with van der Waals surface area (Å²) in [6, 6.07) is 18.6. The van der Waals surface area contributed by atoms with Crippen molar-refractivity contribution in [1.82, 2.24) is 15.6 Å². The first-order chi connectivity index (χ1) is 20.0. The molecular weight excluding hydrogens is 613 g/mol. The topological polar surface area (TPSA) is 121 Å². The first-order valence-corrected chi connectivity index (χ1v) is 14.1. The van der Waals surface area contributed by atoms with Crippen molar-refractivity contribution in [2.45, 2.75) is 12.6 Å². The summed E-state index contributed by atoms with van der Waals surface area (Å²) in [5, 5.41) is 16.6. The standard InChI is InChI=1S/C26H19ClN4O2S2.C2HF3O2/c27-20-7-6-18(24(32)29-11-9-19-4-2-12-34-19)15-22(20)30-26-31-25(33)23(35-26)14-16-5-8-21-17(13-16)3-1-10-28-21;3-2(4,5)1(6)7/h1-8,10,12-15H,9,11H2,(H,29,32)(H,30,31,33);(H,6,7). The number of benzene rings is 2. The molecule has 42 heavy (non-hydrogen) atoms. The Hall–Kier alpha value is -4.20. The van der Waals surface area contributed by atoms with Gasteiger partial charge in [0, 0.05) is 28.6 Å². The molecule has 8 nitrogen and oxygen atoms in total. The predicted molar refractivity (Wildman–Crippen MR) is 158 cm³/mol. The molecule has 2 aromatic carbocycles. The summed E-state index contributed by atoms with van der Waals surface area (Å²) in [6.07, 6.45) is -0.746. The number of nitrogens with one attached hydrogen (secondary N) is 2. The third-order valence-electron chi connectivity index (χ3n) is 5.49. The molecule has 0 spiro atoms. The number of carboxylic acid groups (broad SMARTS) is 1. The van der Waals surface area contributed by atoms with Crippen LogP contribution >= 0.6 is 34.7 Å². The summed E-state index contributed by atoms with van der Waals surface area (Å²) >= 11 is 9.22. The molecule has 3 N–H and O–H groups in total. The molecule has 1 saturated heterocycles. The number of halogens is 4. The highest BCUT2D eigenvalue weighted by atomic mass is 35.5. The van der Waals surface area contributed by atoms with Crippen LogP contribution in [0.3, 0.4) is 0 Å². The van der Waals surface area contributed by atoms with E-state index in [0.717, 1.165) is 22.9 Å². The molecule has 3 heterocycles. The van der Waals surface area contributed by atoms with Crippen LogP contribution in [-0.2, 0) is 16.0 Å². The van der Waals surface area contributed by atoms with Crippen molar-refractivity contribution < 1.29 is 32.7 Å². The fourth-order valence-corrected chi connectivity index (χ4v) is 5.22. The number of carbonyl (C=O) groups is 3. The summed E-state index contributed by atoms with van der Waals surface area (Å²) in [6.45, 7) is 0.538. The fraction of sp³-hybridized carbons (Fsp3) is 0.107. The minimum Gasteiger partial charge on any atom is -0.475 e. The SMILES string of the molecule is O=C(O)C(F)(F)F.O=C1NC(=Nc2cc(C(=O)NCCc3cccs3)ccc2Cl)SC1=Cc1ccc2ncccc2c1. The van der Waals surface area contributed by atoms with Gasteiger partial charge in [0.25, 0.3) is 11.8 Å². The molecule has 2 aromatic heterocycles. The van der Waals surface area contributed by atoms with Crippen LogP contribution in [0.15, 0.2) is 82.1 Å². The van der Waals surface area contributed by atoms with Crippen LogP contribution in [0, 0.1) is 0 Å². The minimum atomic E-state index is -5.08. The number of amidine groups is 1. The molecule has 5 rings (SSSR count). The van der Waals surface area contributed by atoms with Gasteiger partial charge in [0.15, 0.2) is 5.17 Å². The number of carboxylic acids is 1. The molecule has 0 bridgehead atoms. The Labute approximate surface area is 250 Å². The predicted octanol–water partition coefficient (Wildman–Crippen LogP) is 6.45. The largest absolute Gasteiger partial charge is 0.490 e. The summed E-state index contributed by atoms with van der Waals surface area (Å²) in [5.74, 6) is -3.19. The summed E-state index contributed by atoms with van der Waals surface area (Å²) in [4.78, 5) is 44.6. The molecule has 0 unspecified atom stereocenters. The lowest BCUT2D eigenvalue weighted by atomic mass is 10.1. The normalized spacial score (nSPS) is 14.9.